The highest BCUT2D eigenvalue weighted by molar-refractivity contribution is 5.04. The first-order valence-electron chi connectivity index (χ1n) is 1.54. The molecule has 0 unspecified atom stereocenters. The lowest BCUT2D eigenvalue weighted by molar-refractivity contribution is 0.580. The summed E-state index contributed by atoms with van der Waals surface area (Å²) in [6.45, 7) is 0. The van der Waals surface area contributed by atoms with Crippen LogP contribution in [-0.4, -0.2) is 4.98 Å². The van der Waals surface area contributed by atoms with Gasteiger partial charge in [-0.2, -0.15) is 0 Å². The van der Waals surface area contributed by atoms with Crippen LogP contribution >= 0.6 is 0 Å². The average Bonchev–Trinajstić information content (AvgIpc) is 1.86. The number of nitrogens with zero attached hydrogens (tertiary/aromatic N) is 1. The molecule has 1 aromatic rings. The smallest absolute Gasteiger partial charge is 0.291 e. The maximum atomic E-state index is 5.00. The van der Waals surface area contributed by atoms with Gasteiger partial charge >= 0.3 is 0 Å². The molecule has 40 valence electrons. The van der Waals surface area contributed by atoms with Gasteiger partial charge in [0, 0.05) is 0 Å². The minimum atomic E-state index is 0. The number of halogens is 1. The molecule has 1 rings (SSSR count). The Morgan fingerprint density at radius 2 is 2.43 bits per heavy atom. The number of nitrogen functional groups attached to an aromatic ring is 1. The van der Waals surface area contributed by atoms with E-state index in [4.69, 9.17) is 5.73 Å². The molecular weight excluding hydrogens is 99.0 g/mol. The van der Waals surface area contributed by atoms with Gasteiger partial charge in [0.05, 0.1) is 6.20 Å². The van der Waals surface area contributed by atoms with Gasteiger partial charge in [-0.1, -0.05) is 0 Å². The van der Waals surface area contributed by atoms with Crippen LogP contribution in [0.25, 0.3) is 0 Å². The van der Waals surface area contributed by atoms with Crippen molar-refractivity contribution >= 4 is 6.01 Å². The first-order valence-corrected chi connectivity index (χ1v) is 1.54. The van der Waals surface area contributed by atoms with Gasteiger partial charge in [-0.3, -0.25) is 4.70 Å². The van der Waals surface area contributed by atoms with Crippen molar-refractivity contribution in [3.63, 3.8) is 0 Å². The lowest BCUT2D eigenvalue weighted by atomic mass is 11.0. The number of oxazole rings is 1. The molecule has 0 aliphatic heterocycles. The van der Waals surface area contributed by atoms with Crippen molar-refractivity contribution in [3.8, 4) is 0 Å². The van der Waals surface area contributed by atoms with E-state index in [1.54, 1.807) is 0 Å². The maximum absolute atomic E-state index is 5.00. The first kappa shape index (κ1) is 5.94. The van der Waals surface area contributed by atoms with E-state index in [2.05, 4.69) is 9.40 Å². The van der Waals surface area contributed by atoms with Crippen LogP contribution < -0.4 is 5.73 Å². The van der Waals surface area contributed by atoms with Crippen LogP contribution in [-0.2, 0) is 0 Å². The summed E-state index contributed by atoms with van der Waals surface area (Å²) in [4.78, 5) is 3.53. The lowest BCUT2D eigenvalue weighted by Gasteiger charge is -1.68. The third-order valence-corrected chi connectivity index (χ3v) is 0.451. The van der Waals surface area contributed by atoms with E-state index in [1.807, 2.05) is 0 Å². The Kier molecular flexibility index (Phi) is 1.84. The van der Waals surface area contributed by atoms with Crippen molar-refractivity contribution in [2.45, 2.75) is 0 Å². The third kappa shape index (κ3) is 1.21. The van der Waals surface area contributed by atoms with Crippen molar-refractivity contribution in [2.75, 3.05) is 5.73 Å². The second kappa shape index (κ2) is 2.17. The summed E-state index contributed by atoms with van der Waals surface area (Å²) in [5.41, 5.74) is 5.00. The Morgan fingerprint density at radius 3 is 2.57 bits per heavy atom. The number of rotatable bonds is 0. The molecule has 7 heavy (non-hydrogen) atoms. The average molecular weight is 104 g/mol. The van der Waals surface area contributed by atoms with E-state index in [-0.39, 0.29) is 10.7 Å². The quantitative estimate of drug-likeness (QED) is 0.518. The first-order chi connectivity index (χ1) is 2.89. The number of hydrogen-bond acceptors (Lipinski definition) is 3. The van der Waals surface area contributed by atoms with Gasteiger partial charge < -0.3 is 10.2 Å². The lowest BCUT2D eigenvalue weighted by Crippen LogP contribution is -1.79. The number of anilines is 1. The summed E-state index contributed by atoms with van der Waals surface area (Å²) >= 11 is 0. The van der Waals surface area contributed by atoms with Crippen LogP contribution in [0, 0.1) is 0 Å². The summed E-state index contributed by atoms with van der Waals surface area (Å²) in [6.07, 6.45) is 2.92. The van der Waals surface area contributed by atoms with E-state index in [0.29, 0.717) is 0 Å². The van der Waals surface area contributed by atoms with E-state index in [9.17, 15) is 0 Å². The zero-order valence-electron chi connectivity index (χ0n) is 3.50. The Hall–Kier alpha value is -1.06. The molecule has 0 bridgehead atoms. The van der Waals surface area contributed by atoms with Crippen molar-refractivity contribution in [3.05, 3.63) is 12.5 Å². The van der Waals surface area contributed by atoms with Crippen LogP contribution in [0.3, 0.4) is 0 Å². The molecule has 4 heteroatoms. The fourth-order valence-electron chi connectivity index (χ4n) is 0.234. The van der Waals surface area contributed by atoms with E-state index in [0.717, 1.165) is 0 Å². The molecule has 0 radical (unpaired) electrons. The van der Waals surface area contributed by atoms with Gasteiger partial charge in [0.15, 0.2) is 0 Å². The molecule has 0 saturated heterocycles. The van der Waals surface area contributed by atoms with Gasteiger partial charge in [-0.05, 0) is 0 Å². The number of aromatic nitrogens is 1. The third-order valence-electron chi connectivity index (χ3n) is 0.451. The van der Waals surface area contributed by atoms with Crippen molar-refractivity contribution < 1.29 is 9.12 Å². The second-order valence-corrected chi connectivity index (χ2v) is 0.870. The molecule has 0 aliphatic carbocycles. The molecule has 0 aromatic carbocycles. The largest absolute Gasteiger partial charge is 0.432 e. The SMILES string of the molecule is F.Nc1ncco1. The summed E-state index contributed by atoms with van der Waals surface area (Å²) in [5, 5.41) is 0. The molecule has 0 spiro atoms. The summed E-state index contributed by atoms with van der Waals surface area (Å²) in [7, 11) is 0. The molecule has 2 N–H and O–H groups in total. The molecule has 0 fully saturated rings. The highest BCUT2D eigenvalue weighted by Crippen LogP contribution is 1.90. The van der Waals surface area contributed by atoms with Crippen LogP contribution in [0.1, 0.15) is 0 Å². The van der Waals surface area contributed by atoms with E-state index in [1.165, 1.54) is 12.5 Å². The van der Waals surface area contributed by atoms with Crippen molar-refractivity contribution in [2.24, 2.45) is 0 Å². The summed E-state index contributed by atoms with van der Waals surface area (Å²) in [5.74, 6) is 0. The Morgan fingerprint density at radius 1 is 1.71 bits per heavy atom. The van der Waals surface area contributed by atoms with Crippen LogP contribution in [0.2, 0.25) is 0 Å². The second-order valence-electron chi connectivity index (χ2n) is 0.870. The fourth-order valence-corrected chi connectivity index (χ4v) is 0.234. The molecule has 0 amide bonds. The van der Waals surface area contributed by atoms with Crippen LogP contribution in [0.4, 0.5) is 10.7 Å². The Bertz CT molecular complexity index is 116. The normalized spacial score (nSPS) is 7.43. The molecule has 1 heterocycles. The Balaban J connectivity index is 0.000000360. The highest BCUT2D eigenvalue weighted by Gasteiger charge is 1.78. The minimum absolute atomic E-state index is 0. The monoisotopic (exact) mass is 104 g/mol. The predicted octanol–water partition coefficient (Wildman–Crippen LogP) is 0.409. The zero-order valence-corrected chi connectivity index (χ0v) is 3.50. The molecular formula is C3H5FN2O. The molecule has 0 saturated carbocycles. The standard InChI is InChI=1S/C3H4N2O.FH/c4-3-5-1-2-6-3;/h1-2H,(H2,4,5);1H. The fraction of sp³-hybridized carbons (Fsp3) is 0. The highest BCUT2D eigenvalue weighted by atomic mass is 19.0. The topological polar surface area (TPSA) is 52.0 Å². The van der Waals surface area contributed by atoms with Crippen molar-refractivity contribution in [1.29, 1.82) is 0 Å². The number of hydrogen-bond donors (Lipinski definition) is 1. The van der Waals surface area contributed by atoms with Crippen molar-refractivity contribution in [1.82, 2.24) is 4.98 Å². The predicted molar refractivity (Wildman–Crippen MR) is 23.4 cm³/mol. The minimum Gasteiger partial charge on any atom is -0.432 e. The van der Waals surface area contributed by atoms with Gasteiger partial charge in [-0.15, -0.1) is 0 Å². The van der Waals surface area contributed by atoms with Gasteiger partial charge in [-0.25, -0.2) is 4.98 Å². The zero-order chi connectivity index (χ0) is 4.41. The van der Waals surface area contributed by atoms with E-state index < -0.39 is 0 Å². The van der Waals surface area contributed by atoms with Crippen LogP contribution in [0.5, 0.6) is 0 Å². The van der Waals surface area contributed by atoms with Crippen LogP contribution in [0.15, 0.2) is 16.9 Å². The molecule has 0 atom stereocenters. The van der Waals surface area contributed by atoms with Gasteiger partial charge in [0.1, 0.15) is 6.26 Å². The molecule has 3 nitrogen and oxygen atoms in total. The Labute approximate surface area is 39.5 Å². The summed E-state index contributed by atoms with van der Waals surface area (Å²) < 4.78 is 4.50. The maximum Gasteiger partial charge on any atom is 0.291 e. The van der Waals surface area contributed by atoms with Gasteiger partial charge in [0.25, 0.3) is 6.01 Å². The molecule has 0 aliphatic rings. The number of nitrogens with two attached hydrogens (primary N) is 1. The molecule has 1 aromatic heterocycles. The summed E-state index contributed by atoms with van der Waals surface area (Å²) in [6, 6.07) is 0.218. The van der Waals surface area contributed by atoms with E-state index >= 15 is 0 Å². The van der Waals surface area contributed by atoms with Gasteiger partial charge in [0.2, 0.25) is 0 Å².